The number of aromatic nitrogens is 2. The number of nitrogens with zero attached hydrogens (tertiary/aromatic N) is 1. The number of amides is 1. The molecule has 0 saturated heterocycles. The Labute approximate surface area is 157 Å². The summed E-state index contributed by atoms with van der Waals surface area (Å²) in [6, 6.07) is 14.4. The lowest BCUT2D eigenvalue weighted by molar-refractivity contribution is 0.102. The Morgan fingerprint density at radius 3 is 2.52 bits per heavy atom. The van der Waals surface area contributed by atoms with Gasteiger partial charge in [-0.15, -0.1) is 0 Å². The summed E-state index contributed by atoms with van der Waals surface area (Å²) in [5.74, 6) is 0.768. The topological polar surface area (TPSA) is 84.1 Å². The van der Waals surface area contributed by atoms with E-state index in [1.807, 2.05) is 56.3 Å². The van der Waals surface area contributed by atoms with Crippen molar-refractivity contribution in [2.75, 3.05) is 12.4 Å². The van der Waals surface area contributed by atoms with Crippen molar-refractivity contribution in [3.8, 4) is 5.75 Å². The van der Waals surface area contributed by atoms with E-state index >= 15 is 0 Å². The van der Waals surface area contributed by atoms with E-state index in [-0.39, 0.29) is 11.3 Å². The first-order valence-electron chi connectivity index (χ1n) is 8.56. The van der Waals surface area contributed by atoms with Gasteiger partial charge >= 0.3 is 0 Å². The smallest absolute Gasteiger partial charge is 0.274 e. The van der Waals surface area contributed by atoms with Gasteiger partial charge in [0.05, 0.1) is 7.11 Å². The highest BCUT2D eigenvalue weighted by Crippen LogP contribution is 2.17. The highest BCUT2D eigenvalue weighted by molar-refractivity contribution is 6.03. The van der Waals surface area contributed by atoms with Gasteiger partial charge < -0.3 is 15.0 Å². The standard InChI is InChI=1S/C21H21N3O3/c1-13-4-9-17(14(2)10-13)23-21(26)18-12-20(25)24-19(22-18)11-15-5-7-16(27-3)8-6-15/h4-10,12H,11H2,1-3H3,(H,23,26)(H,22,24,25). The molecule has 0 radical (unpaired) electrons. The van der Waals surface area contributed by atoms with Gasteiger partial charge in [-0.1, -0.05) is 29.8 Å². The molecule has 27 heavy (non-hydrogen) atoms. The Bertz CT molecular complexity index is 1020. The van der Waals surface area contributed by atoms with Crippen molar-refractivity contribution >= 4 is 11.6 Å². The van der Waals surface area contributed by atoms with Crippen LogP contribution in [0.1, 0.15) is 33.0 Å². The van der Waals surface area contributed by atoms with Gasteiger partial charge in [0.15, 0.2) is 0 Å². The molecule has 0 unspecified atom stereocenters. The van der Waals surface area contributed by atoms with Crippen LogP contribution in [0.3, 0.4) is 0 Å². The van der Waals surface area contributed by atoms with E-state index in [1.54, 1.807) is 7.11 Å². The zero-order valence-corrected chi connectivity index (χ0v) is 15.5. The van der Waals surface area contributed by atoms with Gasteiger partial charge in [-0.05, 0) is 43.2 Å². The molecule has 0 atom stereocenters. The number of carbonyl (C=O) groups is 1. The molecule has 0 saturated carbocycles. The normalized spacial score (nSPS) is 10.5. The first-order chi connectivity index (χ1) is 12.9. The molecule has 0 fully saturated rings. The SMILES string of the molecule is COc1ccc(Cc2nc(C(=O)Nc3ccc(C)cc3C)cc(=O)[nH]2)cc1. The van der Waals surface area contributed by atoms with Crippen LogP contribution in [0.15, 0.2) is 53.3 Å². The Morgan fingerprint density at radius 1 is 1.11 bits per heavy atom. The summed E-state index contributed by atoms with van der Waals surface area (Å²) in [6.45, 7) is 3.91. The van der Waals surface area contributed by atoms with Gasteiger partial charge in [0.25, 0.3) is 11.5 Å². The summed E-state index contributed by atoms with van der Waals surface area (Å²) in [4.78, 5) is 31.5. The van der Waals surface area contributed by atoms with Crippen LogP contribution in [0.2, 0.25) is 0 Å². The van der Waals surface area contributed by atoms with Crippen molar-refractivity contribution in [3.63, 3.8) is 0 Å². The molecule has 0 aliphatic rings. The van der Waals surface area contributed by atoms with Gasteiger partial charge in [0.2, 0.25) is 0 Å². The fourth-order valence-electron chi connectivity index (χ4n) is 2.79. The lowest BCUT2D eigenvalue weighted by Gasteiger charge is -2.09. The van der Waals surface area contributed by atoms with E-state index in [0.29, 0.717) is 17.9 Å². The number of rotatable bonds is 5. The molecule has 0 spiro atoms. The highest BCUT2D eigenvalue weighted by atomic mass is 16.5. The number of nitrogens with one attached hydrogen (secondary N) is 2. The minimum Gasteiger partial charge on any atom is -0.497 e. The molecular formula is C21H21N3O3. The number of benzene rings is 2. The zero-order chi connectivity index (χ0) is 19.4. The van der Waals surface area contributed by atoms with Crippen molar-refractivity contribution in [1.29, 1.82) is 0 Å². The van der Waals surface area contributed by atoms with E-state index in [0.717, 1.165) is 22.4 Å². The van der Waals surface area contributed by atoms with Gasteiger partial charge in [0.1, 0.15) is 17.3 Å². The third kappa shape index (κ3) is 4.61. The second-order valence-electron chi connectivity index (χ2n) is 6.37. The largest absolute Gasteiger partial charge is 0.497 e. The van der Waals surface area contributed by atoms with E-state index in [1.165, 1.54) is 6.07 Å². The maximum absolute atomic E-state index is 12.5. The van der Waals surface area contributed by atoms with Crippen LogP contribution < -0.4 is 15.6 Å². The number of aryl methyl sites for hydroxylation is 2. The fraction of sp³-hybridized carbons (Fsp3) is 0.190. The summed E-state index contributed by atoms with van der Waals surface area (Å²) >= 11 is 0. The molecule has 6 nitrogen and oxygen atoms in total. The van der Waals surface area contributed by atoms with Crippen LogP contribution in [-0.4, -0.2) is 23.0 Å². The van der Waals surface area contributed by atoms with Gasteiger partial charge in [0, 0.05) is 18.2 Å². The van der Waals surface area contributed by atoms with Gasteiger partial charge in [-0.3, -0.25) is 9.59 Å². The maximum atomic E-state index is 12.5. The quantitative estimate of drug-likeness (QED) is 0.729. The minimum atomic E-state index is -0.413. The lowest BCUT2D eigenvalue weighted by Crippen LogP contribution is -2.21. The Kier molecular flexibility index (Phi) is 5.35. The van der Waals surface area contributed by atoms with Crippen LogP contribution in [0.5, 0.6) is 5.75 Å². The number of aromatic amines is 1. The van der Waals surface area contributed by atoms with Crippen LogP contribution in [0, 0.1) is 13.8 Å². The second-order valence-corrected chi connectivity index (χ2v) is 6.37. The highest BCUT2D eigenvalue weighted by Gasteiger charge is 2.12. The number of methoxy groups -OCH3 is 1. The molecule has 2 N–H and O–H groups in total. The zero-order valence-electron chi connectivity index (χ0n) is 15.5. The van der Waals surface area contributed by atoms with Crippen molar-refractivity contribution in [3.05, 3.63) is 87.1 Å². The average Bonchev–Trinajstić information content (AvgIpc) is 2.64. The van der Waals surface area contributed by atoms with E-state index in [4.69, 9.17) is 4.74 Å². The molecule has 1 heterocycles. The van der Waals surface area contributed by atoms with Crippen molar-refractivity contribution < 1.29 is 9.53 Å². The molecule has 0 bridgehead atoms. The summed E-state index contributed by atoms with van der Waals surface area (Å²) in [6.07, 6.45) is 0.407. The number of hydrogen-bond donors (Lipinski definition) is 2. The molecule has 0 aliphatic carbocycles. The molecule has 6 heteroatoms. The predicted octanol–water partition coefficient (Wildman–Crippen LogP) is 3.24. The van der Waals surface area contributed by atoms with Crippen molar-refractivity contribution in [2.45, 2.75) is 20.3 Å². The minimum absolute atomic E-state index is 0.0854. The molecular weight excluding hydrogens is 342 g/mol. The number of carbonyl (C=O) groups excluding carboxylic acids is 1. The lowest BCUT2D eigenvalue weighted by atomic mass is 10.1. The Balaban J connectivity index is 1.81. The molecule has 1 amide bonds. The van der Waals surface area contributed by atoms with Crippen molar-refractivity contribution in [1.82, 2.24) is 9.97 Å². The average molecular weight is 363 g/mol. The summed E-state index contributed by atoms with van der Waals surface area (Å²) < 4.78 is 5.14. The molecule has 1 aromatic heterocycles. The maximum Gasteiger partial charge on any atom is 0.274 e. The Hall–Kier alpha value is -3.41. The summed E-state index contributed by atoms with van der Waals surface area (Å²) in [5, 5.41) is 2.82. The molecule has 0 aliphatic heterocycles. The summed E-state index contributed by atoms with van der Waals surface area (Å²) in [7, 11) is 1.60. The van der Waals surface area contributed by atoms with Crippen molar-refractivity contribution in [2.24, 2.45) is 0 Å². The Morgan fingerprint density at radius 2 is 1.85 bits per heavy atom. The van der Waals surface area contributed by atoms with Gasteiger partial charge in [-0.25, -0.2) is 4.98 Å². The molecule has 2 aromatic carbocycles. The number of ether oxygens (including phenoxy) is 1. The van der Waals surface area contributed by atoms with Gasteiger partial charge in [-0.2, -0.15) is 0 Å². The monoisotopic (exact) mass is 363 g/mol. The third-order valence-corrected chi connectivity index (χ3v) is 4.18. The fourth-order valence-corrected chi connectivity index (χ4v) is 2.79. The van der Waals surface area contributed by atoms with Crippen LogP contribution >= 0.6 is 0 Å². The number of H-pyrrole nitrogens is 1. The van der Waals surface area contributed by atoms with Crippen LogP contribution in [0.4, 0.5) is 5.69 Å². The van der Waals surface area contributed by atoms with E-state index in [2.05, 4.69) is 15.3 Å². The predicted molar refractivity (Wildman–Crippen MR) is 105 cm³/mol. The van der Waals surface area contributed by atoms with Crippen LogP contribution in [-0.2, 0) is 6.42 Å². The first-order valence-corrected chi connectivity index (χ1v) is 8.56. The number of hydrogen-bond acceptors (Lipinski definition) is 4. The molecule has 3 aromatic rings. The van der Waals surface area contributed by atoms with E-state index in [9.17, 15) is 9.59 Å². The van der Waals surface area contributed by atoms with E-state index < -0.39 is 5.91 Å². The second kappa shape index (κ2) is 7.86. The van der Waals surface area contributed by atoms with Crippen LogP contribution in [0.25, 0.3) is 0 Å². The molecule has 138 valence electrons. The summed E-state index contributed by atoms with van der Waals surface area (Å²) in [5.41, 5.74) is 3.44. The molecule has 3 rings (SSSR count). The first kappa shape index (κ1) is 18.4. The number of anilines is 1. The third-order valence-electron chi connectivity index (χ3n) is 4.18.